The maximum atomic E-state index is 12.5. The molecule has 27 heavy (non-hydrogen) atoms. The zero-order chi connectivity index (χ0) is 19.0. The Bertz CT molecular complexity index is 941. The number of benzene rings is 1. The molecule has 3 heterocycles. The van der Waals surface area contributed by atoms with Crippen LogP contribution in [0.3, 0.4) is 0 Å². The van der Waals surface area contributed by atoms with Crippen molar-refractivity contribution in [1.29, 1.82) is 0 Å². The Morgan fingerprint density at radius 3 is 2.96 bits per heavy atom. The average Bonchev–Trinajstić information content (AvgIpc) is 3.26. The molecule has 1 atom stereocenters. The third kappa shape index (κ3) is 3.66. The van der Waals surface area contributed by atoms with Crippen LogP contribution in [0.4, 0.5) is 0 Å². The van der Waals surface area contributed by atoms with Gasteiger partial charge in [-0.1, -0.05) is 31.7 Å². The quantitative estimate of drug-likeness (QED) is 0.794. The molecule has 2 aliphatic rings. The number of nitrogens with zero attached hydrogens (tertiary/aromatic N) is 2. The fourth-order valence-electron chi connectivity index (χ4n) is 3.15. The number of carbonyl (C=O) groups is 1. The summed E-state index contributed by atoms with van der Waals surface area (Å²) in [5.74, 6) is 2.21. The summed E-state index contributed by atoms with van der Waals surface area (Å²) in [7, 11) is 0. The summed E-state index contributed by atoms with van der Waals surface area (Å²) in [6.07, 6.45) is 0.257. The molecule has 1 unspecified atom stereocenters. The van der Waals surface area contributed by atoms with E-state index >= 15 is 0 Å². The van der Waals surface area contributed by atoms with E-state index in [9.17, 15) is 9.59 Å². The van der Waals surface area contributed by atoms with Gasteiger partial charge in [0.1, 0.15) is 0 Å². The summed E-state index contributed by atoms with van der Waals surface area (Å²) in [6.45, 7) is 4.66. The van der Waals surface area contributed by atoms with Crippen LogP contribution in [0.25, 0.3) is 0 Å². The van der Waals surface area contributed by atoms with Crippen molar-refractivity contribution in [2.24, 2.45) is 0 Å². The number of ether oxygens (including phenoxy) is 2. The Morgan fingerprint density at radius 1 is 1.33 bits per heavy atom. The molecule has 2 aliphatic heterocycles. The number of carbonyl (C=O) groups excluding carboxylic acids is 1. The third-order valence-corrected chi connectivity index (χ3v) is 5.75. The lowest BCUT2D eigenvalue weighted by Gasteiger charge is -2.14. The third-order valence-electron chi connectivity index (χ3n) is 4.65. The highest BCUT2D eigenvalue weighted by Gasteiger charge is 2.28. The van der Waals surface area contributed by atoms with E-state index in [0.717, 1.165) is 17.0 Å². The standard InChI is InChI=1S/C19H21N3O4S/c1-11(2)14-7-18(24)22-13(9-27-19(22)21-14)6-17(23)20-8-12-3-4-15-16(5-12)26-10-25-15/h3-5,7,11,13H,6,8-10H2,1-2H3,(H,20,23). The Balaban J connectivity index is 1.39. The second kappa shape index (κ2) is 7.26. The van der Waals surface area contributed by atoms with Crippen LogP contribution < -0.4 is 20.3 Å². The number of thioether (sulfide) groups is 1. The molecule has 2 aromatic rings. The molecule has 1 aromatic heterocycles. The molecule has 0 saturated carbocycles. The number of hydrogen-bond donors (Lipinski definition) is 1. The largest absolute Gasteiger partial charge is 0.454 e. The second-order valence-electron chi connectivity index (χ2n) is 6.96. The van der Waals surface area contributed by atoms with Gasteiger partial charge in [-0.05, 0) is 23.6 Å². The predicted molar refractivity (Wildman–Crippen MR) is 101 cm³/mol. The summed E-state index contributed by atoms with van der Waals surface area (Å²) in [6, 6.07) is 7.02. The van der Waals surface area contributed by atoms with E-state index in [4.69, 9.17) is 9.47 Å². The summed E-state index contributed by atoms with van der Waals surface area (Å²) >= 11 is 1.53. The first kappa shape index (κ1) is 17.9. The van der Waals surface area contributed by atoms with Gasteiger partial charge in [0.05, 0.1) is 11.7 Å². The maximum Gasteiger partial charge on any atom is 0.254 e. The molecule has 142 valence electrons. The first-order valence-corrected chi connectivity index (χ1v) is 9.91. The Labute approximate surface area is 161 Å². The van der Waals surface area contributed by atoms with E-state index in [1.807, 2.05) is 32.0 Å². The smallest absolute Gasteiger partial charge is 0.254 e. The first-order valence-electron chi connectivity index (χ1n) is 8.93. The summed E-state index contributed by atoms with van der Waals surface area (Å²) in [4.78, 5) is 29.4. The molecule has 0 bridgehead atoms. The summed E-state index contributed by atoms with van der Waals surface area (Å²) in [5, 5.41) is 3.62. The molecule has 0 aliphatic carbocycles. The molecule has 1 amide bonds. The van der Waals surface area contributed by atoms with Crippen LogP contribution in [0.5, 0.6) is 11.5 Å². The van der Waals surface area contributed by atoms with Gasteiger partial charge in [0, 0.05) is 24.8 Å². The van der Waals surface area contributed by atoms with Gasteiger partial charge < -0.3 is 14.8 Å². The molecule has 8 heteroatoms. The number of hydrogen-bond acceptors (Lipinski definition) is 6. The molecular formula is C19H21N3O4S. The minimum absolute atomic E-state index is 0.0812. The first-order chi connectivity index (χ1) is 13.0. The number of aromatic nitrogens is 2. The molecule has 0 fully saturated rings. The lowest BCUT2D eigenvalue weighted by atomic mass is 10.1. The molecular weight excluding hydrogens is 366 g/mol. The molecule has 0 radical (unpaired) electrons. The van der Waals surface area contributed by atoms with Crippen molar-refractivity contribution in [2.45, 2.75) is 43.9 Å². The van der Waals surface area contributed by atoms with Crippen LogP contribution in [-0.4, -0.2) is 28.0 Å². The Morgan fingerprint density at radius 2 is 2.15 bits per heavy atom. The lowest BCUT2D eigenvalue weighted by Crippen LogP contribution is -2.30. The molecule has 4 rings (SSSR count). The Kier molecular flexibility index (Phi) is 4.82. The molecule has 1 N–H and O–H groups in total. The van der Waals surface area contributed by atoms with Gasteiger partial charge in [-0.25, -0.2) is 4.98 Å². The van der Waals surface area contributed by atoms with Gasteiger partial charge in [-0.15, -0.1) is 0 Å². The van der Waals surface area contributed by atoms with Crippen LogP contribution in [0, 0.1) is 0 Å². The van der Waals surface area contributed by atoms with Crippen LogP contribution in [-0.2, 0) is 11.3 Å². The SMILES string of the molecule is CC(C)c1cc(=O)n2c(n1)SCC2CC(=O)NCc1ccc2c(c1)OCO2. The summed E-state index contributed by atoms with van der Waals surface area (Å²) < 4.78 is 12.3. The van der Waals surface area contributed by atoms with Gasteiger partial charge in [0.15, 0.2) is 16.7 Å². The minimum Gasteiger partial charge on any atom is -0.454 e. The lowest BCUT2D eigenvalue weighted by molar-refractivity contribution is -0.121. The van der Waals surface area contributed by atoms with E-state index in [1.165, 1.54) is 11.8 Å². The number of rotatable bonds is 5. The highest BCUT2D eigenvalue weighted by atomic mass is 32.2. The monoisotopic (exact) mass is 387 g/mol. The highest BCUT2D eigenvalue weighted by Crippen LogP contribution is 2.33. The van der Waals surface area contributed by atoms with Gasteiger partial charge in [-0.2, -0.15) is 0 Å². The zero-order valence-corrected chi connectivity index (χ0v) is 16.0. The van der Waals surface area contributed by atoms with Gasteiger partial charge in [0.2, 0.25) is 12.7 Å². The van der Waals surface area contributed by atoms with Crippen molar-refractivity contribution in [2.75, 3.05) is 12.5 Å². The zero-order valence-electron chi connectivity index (χ0n) is 15.2. The Hall–Kier alpha value is -2.48. The van der Waals surface area contributed by atoms with E-state index in [1.54, 1.807) is 10.6 Å². The summed E-state index contributed by atoms with van der Waals surface area (Å²) in [5.41, 5.74) is 1.66. The van der Waals surface area contributed by atoms with Crippen molar-refractivity contribution in [1.82, 2.24) is 14.9 Å². The minimum atomic E-state index is -0.164. The maximum absolute atomic E-state index is 12.5. The van der Waals surface area contributed by atoms with E-state index in [2.05, 4.69) is 10.3 Å². The topological polar surface area (TPSA) is 82.5 Å². The van der Waals surface area contributed by atoms with Crippen molar-refractivity contribution < 1.29 is 14.3 Å². The van der Waals surface area contributed by atoms with E-state index in [0.29, 0.717) is 23.2 Å². The van der Waals surface area contributed by atoms with Crippen molar-refractivity contribution >= 4 is 17.7 Å². The fourth-order valence-corrected chi connectivity index (χ4v) is 4.31. The average molecular weight is 387 g/mol. The van der Waals surface area contributed by atoms with E-state index in [-0.39, 0.29) is 36.6 Å². The fraction of sp³-hybridized carbons (Fsp3) is 0.421. The second-order valence-corrected chi connectivity index (χ2v) is 7.95. The van der Waals surface area contributed by atoms with Gasteiger partial charge in [-0.3, -0.25) is 14.2 Å². The predicted octanol–water partition coefficient (Wildman–Crippen LogP) is 2.45. The van der Waals surface area contributed by atoms with Crippen LogP contribution in [0.2, 0.25) is 0 Å². The van der Waals surface area contributed by atoms with Crippen molar-refractivity contribution in [3.8, 4) is 11.5 Å². The normalized spacial score (nSPS) is 17.2. The molecule has 7 nitrogen and oxygen atoms in total. The molecule has 1 aromatic carbocycles. The number of amides is 1. The van der Waals surface area contributed by atoms with Crippen LogP contribution in [0.1, 0.15) is 43.5 Å². The molecule has 0 saturated heterocycles. The number of fused-ring (bicyclic) bond motifs is 2. The van der Waals surface area contributed by atoms with Gasteiger partial charge >= 0.3 is 0 Å². The van der Waals surface area contributed by atoms with Crippen molar-refractivity contribution in [3.63, 3.8) is 0 Å². The number of nitrogens with one attached hydrogen (secondary N) is 1. The van der Waals surface area contributed by atoms with E-state index < -0.39 is 0 Å². The van der Waals surface area contributed by atoms with Crippen molar-refractivity contribution in [3.05, 3.63) is 45.9 Å². The van der Waals surface area contributed by atoms with Gasteiger partial charge in [0.25, 0.3) is 5.56 Å². The van der Waals surface area contributed by atoms with Crippen LogP contribution >= 0.6 is 11.8 Å². The highest BCUT2D eigenvalue weighted by molar-refractivity contribution is 7.99. The molecule has 0 spiro atoms. The van der Waals surface area contributed by atoms with Crippen LogP contribution in [0.15, 0.2) is 34.2 Å².